The number of benzene rings is 3. The van der Waals surface area contributed by atoms with Crippen LogP contribution in [0.1, 0.15) is 27.5 Å². The maximum Gasteiger partial charge on any atom is 0.304 e. The molecule has 168 valence electrons. The third-order valence-electron chi connectivity index (χ3n) is 5.40. The maximum atomic E-state index is 13.3. The van der Waals surface area contributed by atoms with Gasteiger partial charge in [0.2, 0.25) is 12.3 Å². The highest BCUT2D eigenvalue weighted by Crippen LogP contribution is 2.28. The number of nitrogens with zero attached hydrogens (tertiary/aromatic N) is 1. The van der Waals surface area contributed by atoms with Crippen LogP contribution in [-0.2, 0) is 4.79 Å². The van der Waals surface area contributed by atoms with Crippen LogP contribution in [0.2, 0.25) is 0 Å². The van der Waals surface area contributed by atoms with E-state index < -0.39 is 23.8 Å². The second kappa shape index (κ2) is 9.52. The molecule has 0 radical (unpaired) electrons. The van der Waals surface area contributed by atoms with E-state index in [4.69, 9.17) is 9.47 Å². The third-order valence-corrected chi connectivity index (χ3v) is 5.40. The van der Waals surface area contributed by atoms with Crippen LogP contribution in [0.3, 0.4) is 0 Å². The van der Waals surface area contributed by atoms with Gasteiger partial charge >= 0.3 is 5.91 Å². The van der Waals surface area contributed by atoms with Gasteiger partial charge in [0.15, 0.2) is 6.04 Å². The van der Waals surface area contributed by atoms with Gasteiger partial charge < -0.3 is 14.8 Å². The molecule has 0 aliphatic carbocycles. The Balaban J connectivity index is 1.72. The van der Waals surface area contributed by atoms with Crippen molar-refractivity contribution >= 4 is 18.0 Å². The Morgan fingerprint density at radius 2 is 1.70 bits per heavy atom. The molecule has 2 atom stereocenters. The number of carbonyl (C=O) groups is 2. The van der Waals surface area contributed by atoms with Crippen molar-refractivity contribution in [3.05, 3.63) is 95.3 Å². The first-order valence-electron chi connectivity index (χ1n) is 10.3. The second-order valence-electron chi connectivity index (χ2n) is 7.43. The first-order chi connectivity index (χ1) is 16.0. The molecule has 0 bridgehead atoms. The van der Waals surface area contributed by atoms with Gasteiger partial charge in [-0.2, -0.15) is 0 Å². The molecule has 3 aromatic rings. The predicted molar refractivity (Wildman–Crippen MR) is 120 cm³/mol. The Morgan fingerprint density at radius 1 is 1.00 bits per heavy atom. The second-order valence-corrected chi connectivity index (χ2v) is 7.43. The summed E-state index contributed by atoms with van der Waals surface area (Å²) in [6, 6.07) is 18.3. The topological polar surface area (TPSA) is 79.7 Å². The fourth-order valence-corrected chi connectivity index (χ4v) is 3.73. The summed E-state index contributed by atoms with van der Waals surface area (Å²) in [6.07, 6.45) is 1.76. The van der Waals surface area contributed by atoms with Gasteiger partial charge in [0.1, 0.15) is 17.3 Å². The Morgan fingerprint density at radius 3 is 2.36 bits per heavy atom. The Hall–Kier alpha value is -4.20. The lowest BCUT2D eigenvalue weighted by Gasteiger charge is -2.15. The lowest BCUT2D eigenvalue weighted by Crippen LogP contribution is -2.42. The number of carbonyl (C=O) groups excluding carboxylic acids is 2. The molecule has 2 amide bonds. The molecule has 4 rings (SSSR count). The number of rotatable bonds is 6. The summed E-state index contributed by atoms with van der Waals surface area (Å²) in [4.78, 5) is 25.8. The van der Waals surface area contributed by atoms with Crippen molar-refractivity contribution in [2.45, 2.75) is 12.1 Å². The highest BCUT2D eigenvalue weighted by molar-refractivity contribution is 5.98. The molecule has 1 heterocycles. The lowest BCUT2D eigenvalue weighted by atomic mass is 9.99. The number of hydrogen-bond donors (Lipinski definition) is 2. The number of hydrogen-bond acceptors (Lipinski definition) is 4. The number of amides is 2. The first kappa shape index (κ1) is 22.0. The number of hydrazine groups is 1. The molecule has 1 fully saturated rings. The largest absolute Gasteiger partial charge is 0.497 e. The molecular formula is C25H23FN3O4+. The van der Waals surface area contributed by atoms with Gasteiger partial charge in [-0.3, -0.25) is 9.59 Å². The van der Waals surface area contributed by atoms with Gasteiger partial charge in [-0.25, -0.2) is 4.39 Å². The van der Waals surface area contributed by atoms with E-state index in [1.165, 1.54) is 24.3 Å². The molecule has 1 aliphatic rings. The zero-order chi connectivity index (χ0) is 23.4. The molecule has 33 heavy (non-hydrogen) atoms. The molecular weight excluding hydrogens is 425 g/mol. The van der Waals surface area contributed by atoms with Crippen LogP contribution in [0.5, 0.6) is 11.5 Å². The molecule has 1 saturated heterocycles. The number of para-hydroxylation sites is 1. The maximum absolute atomic E-state index is 13.3. The molecule has 3 aromatic carbocycles. The number of ether oxygens (including phenoxy) is 2. The summed E-state index contributed by atoms with van der Waals surface area (Å²) in [5.74, 6) is 0.00583. The first-order valence-corrected chi connectivity index (χ1v) is 10.3. The normalized spacial score (nSPS) is 18.6. The molecule has 0 unspecified atom stereocenters. The summed E-state index contributed by atoms with van der Waals surface area (Å²) in [5.41, 5.74) is 4.61. The average molecular weight is 448 g/mol. The zero-order valence-corrected chi connectivity index (χ0v) is 18.1. The zero-order valence-electron chi connectivity index (χ0n) is 18.1. The highest BCUT2D eigenvalue weighted by Gasteiger charge is 2.48. The summed E-state index contributed by atoms with van der Waals surface area (Å²) < 4.78 is 25.6. The van der Waals surface area contributed by atoms with E-state index in [-0.39, 0.29) is 11.5 Å². The van der Waals surface area contributed by atoms with E-state index in [2.05, 4.69) is 10.7 Å². The van der Waals surface area contributed by atoms with E-state index in [1.807, 2.05) is 36.4 Å². The van der Waals surface area contributed by atoms with Gasteiger partial charge in [-0.1, -0.05) is 12.1 Å². The molecule has 0 aromatic heterocycles. The van der Waals surface area contributed by atoms with Crippen molar-refractivity contribution in [3.63, 3.8) is 0 Å². The minimum atomic E-state index is -0.901. The minimum Gasteiger partial charge on any atom is -0.497 e. The quantitative estimate of drug-likeness (QED) is 0.569. The van der Waals surface area contributed by atoms with Crippen molar-refractivity contribution in [1.29, 1.82) is 0 Å². The number of methoxy groups -OCH3 is 2. The third kappa shape index (κ3) is 4.69. The monoisotopic (exact) mass is 448 g/mol. The van der Waals surface area contributed by atoms with Crippen LogP contribution >= 0.6 is 0 Å². The van der Waals surface area contributed by atoms with Crippen LogP contribution < -0.4 is 20.2 Å². The predicted octanol–water partition coefficient (Wildman–Crippen LogP) is 2.86. The minimum absolute atomic E-state index is 0.254. The summed E-state index contributed by atoms with van der Waals surface area (Å²) in [5, 5.41) is 2.79. The van der Waals surface area contributed by atoms with Crippen molar-refractivity contribution in [2.75, 3.05) is 14.2 Å². The van der Waals surface area contributed by atoms with Crippen LogP contribution in [0.15, 0.2) is 72.8 Å². The van der Waals surface area contributed by atoms with E-state index in [9.17, 15) is 14.0 Å². The van der Waals surface area contributed by atoms with Crippen molar-refractivity contribution in [2.24, 2.45) is 0 Å². The summed E-state index contributed by atoms with van der Waals surface area (Å²) in [7, 11) is 3.14. The van der Waals surface area contributed by atoms with Gasteiger partial charge in [-0.05, 0) is 60.7 Å². The Kier molecular flexibility index (Phi) is 6.35. The fraction of sp³-hybridized carbons (Fsp3) is 0.160. The SMILES string of the molecule is COc1ccc([C@H]2[C@H](NC(=O)c3ccc(F)cc3)C(=O)N/[N+]2=C\c2ccccc2OC)cc1. The number of halogens is 1. The lowest BCUT2D eigenvalue weighted by molar-refractivity contribution is -0.596. The van der Waals surface area contributed by atoms with Gasteiger partial charge in [-0.15, -0.1) is 10.1 Å². The summed E-state index contributed by atoms with van der Waals surface area (Å²) in [6.45, 7) is 0. The van der Waals surface area contributed by atoms with E-state index in [0.29, 0.717) is 11.5 Å². The smallest absolute Gasteiger partial charge is 0.304 e. The molecule has 7 nitrogen and oxygen atoms in total. The van der Waals surface area contributed by atoms with Crippen LogP contribution in [0, 0.1) is 5.82 Å². The van der Waals surface area contributed by atoms with Gasteiger partial charge in [0, 0.05) is 11.1 Å². The molecule has 0 saturated carbocycles. The van der Waals surface area contributed by atoms with E-state index in [1.54, 1.807) is 37.3 Å². The number of nitrogens with one attached hydrogen (secondary N) is 2. The van der Waals surface area contributed by atoms with E-state index >= 15 is 0 Å². The van der Waals surface area contributed by atoms with Gasteiger partial charge in [0.25, 0.3) is 5.91 Å². The molecule has 8 heteroatoms. The van der Waals surface area contributed by atoms with Crippen LogP contribution in [-0.4, -0.2) is 43.0 Å². The van der Waals surface area contributed by atoms with Crippen molar-refractivity contribution in [3.8, 4) is 11.5 Å². The van der Waals surface area contributed by atoms with Gasteiger partial charge in [0.05, 0.1) is 19.8 Å². The average Bonchev–Trinajstić information content (AvgIpc) is 3.14. The molecule has 2 N–H and O–H groups in total. The van der Waals surface area contributed by atoms with Crippen molar-refractivity contribution in [1.82, 2.24) is 10.7 Å². The summed E-state index contributed by atoms with van der Waals surface area (Å²) >= 11 is 0. The molecule has 1 aliphatic heterocycles. The van der Waals surface area contributed by atoms with E-state index in [0.717, 1.165) is 11.1 Å². The fourth-order valence-electron chi connectivity index (χ4n) is 3.73. The Labute approximate surface area is 190 Å². The van der Waals surface area contributed by atoms with Crippen LogP contribution in [0.25, 0.3) is 0 Å². The van der Waals surface area contributed by atoms with Crippen LogP contribution in [0.4, 0.5) is 4.39 Å². The number of hydrazone groups is 1. The molecule has 0 spiro atoms. The Bertz CT molecular complexity index is 1190. The standard InChI is InChI=1S/C25H22FN3O4/c1-32-20-13-9-16(10-14-20)23-22(27-24(30)17-7-11-19(26)12-8-17)25(31)28-29(23)15-18-5-3-4-6-21(18)33-2/h3-15,22-23H,1-2H3,(H-,27,28,30,31)/p+1/b29-15-/t22-,23-/m0/s1. The highest BCUT2D eigenvalue weighted by atomic mass is 19.1. The van der Waals surface area contributed by atoms with Crippen molar-refractivity contribution < 1.29 is 28.1 Å².